The number of urea groups is 1. The standard InChI is InChI=1S/C9H19N3OS/c1-5-6(7(10)14)11-8(13)12-9(2,3)4/h6H,5H2,1-4H3,(H2,10,14)(H2,11,12,13). The van der Waals surface area contributed by atoms with Crippen LogP contribution in [0.1, 0.15) is 34.1 Å². The summed E-state index contributed by atoms with van der Waals surface area (Å²) in [6.07, 6.45) is 0.701. The Kier molecular flexibility index (Phi) is 4.83. The lowest BCUT2D eigenvalue weighted by molar-refractivity contribution is 0.230. The number of hydrogen-bond acceptors (Lipinski definition) is 2. The first-order chi connectivity index (χ1) is 6.26. The van der Waals surface area contributed by atoms with Crippen molar-refractivity contribution >= 4 is 23.2 Å². The summed E-state index contributed by atoms with van der Waals surface area (Å²) >= 11 is 4.81. The average Bonchev–Trinajstić information content (AvgIpc) is 1.96. The molecule has 0 aromatic carbocycles. The van der Waals surface area contributed by atoms with E-state index in [9.17, 15) is 4.79 Å². The highest BCUT2D eigenvalue weighted by Crippen LogP contribution is 1.98. The Hall–Kier alpha value is -0.840. The predicted octanol–water partition coefficient (Wildman–Crippen LogP) is 1.15. The molecule has 0 bridgehead atoms. The smallest absolute Gasteiger partial charge is 0.315 e. The van der Waals surface area contributed by atoms with Gasteiger partial charge in [-0.1, -0.05) is 19.1 Å². The summed E-state index contributed by atoms with van der Waals surface area (Å²) in [6, 6.07) is -0.468. The molecule has 82 valence electrons. The van der Waals surface area contributed by atoms with Crippen molar-refractivity contribution in [3.63, 3.8) is 0 Å². The van der Waals surface area contributed by atoms with Crippen LogP contribution in [0.2, 0.25) is 0 Å². The number of amides is 2. The molecule has 0 heterocycles. The molecule has 0 saturated carbocycles. The lowest BCUT2D eigenvalue weighted by Gasteiger charge is -2.23. The molecule has 0 aromatic heterocycles. The first-order valence-electron chi connectivity index (χ1n) is 4.64. The Bertz CT molecular complexity index is 223. The predicted molar refractivity (Wildman–Crippen MR) is 62.3 cm³/mol. The first kappa shape index (κ1) is 13.2. The Morgan fingerprint density at radius 3 is 2.29 bits per heavy atom. The molecule has 4 N–H and O–H groups in total. The van der Waals surface area contributed by atoms with Crippen LogP contribution in [-0.2, 0) is 0 Å². The molecule has 1 unspecified atom stereocenters. The van der Waals surface area contributed by atoms with Gasteiger partial charge in [0.25, 0.3) is 0 Å². The van der Waals surface area contributed by atoms with Gasteiger partial charge in [0.2, 0.25) is 0 Å². The second-order valence-corrected chi connectivity index (χ2v) is 4.68. The molecule has 2 amide bonds. The topological polar surface area (TPSA) is 67.2 Å². The lowest BCUT2D eigenvalue weighted by Crippen LogP contribution is -2.52. The number of nitrogens with two attached hydrogens (primary N) is 1. The third-order valence-corrected chi connectivity index (χ3v) is 1.83. The van der Waals surface area contributed by atoms with Crippen LogP contribution in [0.25, 0.3) is 0 Å². The third-order valence-electron chi connectivity index (χ3n) is 1.55. The van der Waals surface area contributed by atoms with Gasteiger partial charge in [-0.3, -0.25) is 0 Å². The van der Waals surface area contributed by atoms with Crippen molar-refractivity contribution in [3.05, 3.63) is 0 Å². The summed E-state index contributed by atoms with van der Waals surface area (Å²) in [4.78, 5) is 11.7. The van der Waals surface area contributed by atoms with Gasteiger partial charge in [0, 0.05) is 5.54 Å². The Morgan fingerprint density at radius 1 is 1.50 bits per heavy atom. The molecule has 14 heavy (non-hydrogen) atoms. The highest BCUT2D eigenvalue weighted by atomic mass is 32.1. The van der Waals surface area contributed by atoms with Crippen LogP contribution in [0.15, 0.2) is 0 Å². The van der Waals surface area contributed by atoms with Crippen molar-refractivity contribution in [2.45, 2.75) is 45.7 Å². The number of carbonyl (C=O) groups excluding carboxylic acids is 1. The van der Waals surface area contributed by atoms with E-state index in [2.05, 4.69) is 10.6 Å². The van der Waals surface area contributed by atoms with Crippen LogP contribution in [0, 0.1) is 0 Å². The number of thiocarbonyl (C=S) groups is 1. The summed E-state index contributed by atoms with van der Waals surface area (Å²) in [5.74, 6) is 0. The fourth-order valence-electron chi connectivity index (χ4n) is 0.909. The van der Waals surface area contributed by atoms with Gasteiger partial charge in [0.05, 0.1) is 11.0 Å². The fraction of sp³-hybridized carbons (Fsp3) is 0.778. The van der Waals surface area contributed by atoms with E-state index < -0.39 is 0 Å². The molecule has 0 radical (unpaired) electrons. The second-order valence-electron chi connectivity index (χ2n) is 4.21. The largest absolute Gasteiger partial charge is 0.392 e. The van der Waals surface area contributed by atoms with Gasteiger partial charge in [-0.15, -0.1) is 0 Å². The van der Waals surface area contributed by atoms with E-state index >= 15 is 0 Å². The molecule has 1 atom stereocenters. The van der Waals surface area contributed by atoms with Crippen LogP contribution in [0.3, 0.4) is 0 Å². The van der Waals surface area contributed by atoms with Crippen LogP contribution in [0.5, 0.6) is 0 Å². The van der Waals surface area contributed by atoms with E-state index in [0.29, 0.717) is 11.4 Å². The van der Waals surface area contributed by atoms with Gasteiger partial charge in [0.15, 0.2) is 0 Å². The van der Waals surface area contributed by atoms with Crippen LogP contribution in [0.4, 0.5) is 4.79 Å². The molecule has 0 saturated heterocycles. The van der Waals surface area contributed by atoms with Crippen molar-refractivity contribution in [2.24, 2.45) is 5.73 Å². The zero-order valence-electron chi connectivity index (χ0n) is 9.18. The molecule has 0 aliphatic rings. The van der Waals surface area contributed by atoms with E-state index in [0.717, 1.165) is 0 Å². The monoisotopic (exact) mass is 217 g/mol. The maximum absolute atomic E-state index is 11.4. The zero-order chi connectivity index (χ0) is 11.4. The molecular formula is C9H19N3OS. The second kappa shape index (κ2) is 5.14. The molecule has 4 nitrogen and oxygen atoms in total. The van der Waals surface area contributed by atoms with Gasteiger partial charge in [-0.05, 0) is 27.2 Å². The molecule has 0 rings (SSSR count). The number of nitrogens with one attached hydrogen (secondary N) is 2. The van der Waals surface area contributed by atoms with E-state index in [4.69, 9.17) is 18.0 Å². The van der Waals surface area contributed by atoms with E-state index in [1.54, 1.807) is 0 Å². The van der Waals surface area contributed by atoms with Crippen molar-refractivity contribution in [2.75, 3.05) is 0 Å². The summed E-state index contributed by atoms with van der Waals surface area (Å²) in [5.41, 5.74) is 5.20. The SMILES string of the molecule is CCC(NC(=O)NC(C)(C)C)C(N)=S. The maximum atomic E-state index is 11.4. The molecule has 0 aliphatic heterocycles. The summed E-state index contributed by atoms with van der Waals surface area (Å²) in [7, 11) is 0. The van der Waals surface area contributed by atoms with E-state index in [1.165, 1.54) is 0 Å². The first-order valence-corrected chi connectivity index (χ1v) is 5.05. The Morgan fingerprint density at radius 2 is 2.00 bits per heavy atom. The zero-order valence-corrected chi connectivity index (χ0v) is 9.99. The molecule has 0 spiro atoms. The number of rotatable bonds is 3. The minimum atomic E-state index is -0.251. The minimum absolute atomic E-state index is 0.229. The normalized spacial score (nSPS) is 13.1. The van der Waals surface area contributed by atoms with Crippen LogP contribution in [-0.4, -0.2) is 22.6 Å². The van der Waals surface area contributed by atoms with Gasteiger partial charge < -0.3 is 16.4 Å². The van der Waals surface area contributed by atoms with E-state index in [-0.39, 0.29) is 17.6 Å². The summed E-state index contributed by atoms with van der Waals surface area (Å²) in [6.45, 7) is 7.65. The van der Waals surface area contributed by atoms with Gasteiger partial charge in [0.1, 0.15) is 0 Å². The third kappa shape index (κ3) is 5.75. The van der Waals surface area contributed by atoms with Crippen molar-refractivity contribution in [3.8, 4) is 0 Å². The maximum Gasteiger partial charge on any atom is 0.315 e. The quantitative estimate of drug-likeness (QED) is 0.621. The molecule has 0 aromatic rings. The summed E-state index contributed by atoms with van der Waals surface area (Å²) < 4.78 is 0. The summed E-state index contributed by atoms with van der Waals surface area (Å²) in [5, 5.41) is 5.48. The molecule has 0 fully saturated rings. The molecular weight excluding hydrogens is 198 g/mol. The Balaban J connectivity index is 4.11. The number of hydrogen-bond donors (Lipinski definition) is 3. The highest BCUT2D eigenvalue weighted by molar-refractivity contribution is 7.80. The van der Waals surface area contributed by atoms with Crippen LogP contribution >= 0.6 is 12.2 Å². The average molecular weight is 217 g/mol. The van der Waals surface area contributed by atoms with Crippen LogP contribution < -0.4 is 16.4 Å². The number of carbonyl (C=O) groups is 1. The van der Waals surface area contributed by atoms with E-state index in [1.807, 2.05) is 27.7 Å². The van der Waals surface area contributed by atoms with Gasteiger partial charge >= 0.3 is 6.03 Å². The lowest BCUT2D eigenvalue weighted by atomic mass is 10.1. The Labute approximate surface area is 90.6 Å². The minimum Gasteiger partial charge on any atom is -0.392 e. The van der Waals surface area contributed by atoms with Crippen molar-refractivity contribution < 1.29 is 4.79 Å². The van der Waals surface area contributed by atoms with Crippen molar-refractivity contribution in [1.29, 1.82) is 0 Å². The fourth-order valence-corrected chi connectivity index (χ4v) is 1.13. The van der Waals surface area contributed by atoms with Gasteiger partial charge in [-0.2, -0.15) is 0 Å². The highest BCUT2D eigenvalue weighted by Gasteiger charge is 2.17. The van der Waals surface area contributed by atoms with Gasteiger partial charge in [-0.25, -0.2) is 4.79 Å². The molecule has 5 heteroatoms. The van der Waals surface area contributed by atoms with Crippen molar-refractivity contribution in [1.82, 2.24) is 10.6 Å². The molecule has 0 aliphatic carbocycles.